The number of anilines is 2. The summed E-state index contributed by atoms with van der Waals surface area (Å²) in [6, 6.07) is 4.77. The number of amides is 1. The summed E-state index contributed by atoms with van der Waals surface area (Å²) in [7, 11) is 1.74. The zero-order chi connectivity index (χ0) is 15.2. The molecule has 0 fully saturated rings. The highest BCUT2D eigenvalue weighted by molar-refractivity contribution is 6.04. The van der Waals surface area contributed by atoms with Gasteiger partial charge in [0.2, 0.25) is 0 Å². The third kappa shape index (κ3) is 3.75. The molecule has 110 valence electrons. The molecule has 0 saturated carbocycles. The Morgan fingerprint density at radius 1 is 1.38 bits per heavy atom. The van der Waals surface area contributed by atoms with Crippen LogP contribution in [-0.2, 0) is 6.42 Å². The van der Waals surface area contributed by atoms with Crippen molar-refractivity contribution in [2.75, 3.05) is 17.7 Å². The number of nitrogens with one attached hydrogen (secondary N) is 2. The summed E-state index contributed by atoms with van der Waals surface area (Å²) in [6.07, 6.45) is 4.19. The Morgan fingerprint density at radius 3 is 2.86 bits per heavy atom. The van der Waals surface area contributed by atoms with Gasteiger partial charge in [-0.1, -0.05) is 13.3 Å². The van der Waals surface area contributed by atoms with Gasteiger partial charge in [-0.2, -0.15) is 0 Å². The first kappa shape index (κ1) is 14.9. The number of hydrogen-bond donors (Lipinski definition) is 2. The smallest absolute Gasteiger partial charge is 0.255 e. The van der Waals surface area contributed by atoms with E-state index in [0.717, 1.165) is 24.7 Å². The zero-order valence-electron chi connectivity index (χ0n) is 12.0. The molecule has 5 nitrogen and oxygen atoms in total. The number of rotatable bonds is 5. The summed E-state index contributed by atoms with van der Waals surface area (Å²) >= 11 is 0. The van der Waals surface area contributed by atoms with Crippen LogP contribution in [0.3, 0.4) is 0 Å². The van der Waals surface area contributed by atoms with Crippen molar-refractivity contribution in [1.82, 2.24) is 9.97 Å². The fourth-order valence-corrected chi connectivity index (χ4v) is 1.90. The molecule has 6 heteroatoms. The van der Waals surface area contributed by atoms with Crippen LogP contribution in [0.4, 0.5) is 15.9 Å². The highest BCUT2D eigenvalue weighted by atomic mass is 19.1. The van der Waals surface area contributed by atoms with E-state index in [0.29, 0.717) is 11.4 Å². The minimum absolute atomic E-state index is 0.106. The Labute approximate surface area is 122 Å². The van der Waals surface area contributed by atoms with Crippen LogP contribution in [0.25, 0.3) is 0 Å². The summed E-state index contributed by atoms with van der Waals surface area (Å²) in [6.45, 7) is 2.04. The summed E-state index contributed by atoms with van der Waals surface area (Å²) in [5.74, 6) is -0.333. The average Bonchev–Trinajstić information content (AvgIpc) is 2.49. The molecule has 2 N–H and O–H groups in total. The van der Waals surface area contributed by atoms with E-state index in [1.165, 1.54) is 12.3 Å². The lowest BCUT2D eigenvalue weighted by Gasteiger charge is -2.09. The van der Waals surface area contributed by atoms with Gasteiger partial charge >= 0.3 is 0 Å². The molecular weight excluding hydrogens is 271 g/mol. The second kappa shape index (κ2) is 6.78. The molecule has 0 spiro atoms. The Kier molecular flexibility index (Phi) is 4.81. The van der Waals surface area contributed by atoms with Gasteiger partial charge in [0.25, 0.3) is 5.91 Å². The number of pyridine rings is 2. The maximum atomic E-state index is 13.5. The predicted molar refractivity (Wildman–Crippen MR) is 79.9 cm³/mol. The second-order valence-electron chi connectivity index (χ2n) is 4.54. The minimum atomic E-state index is -0.567. The van der Waals surface area contributed by atoms with E-state index in [1.54, 1.807) is 19.2 Å². The molecule has 0 radical (unpaired) electrons. The van der Waals surface area contributed by atoms with Gasteiger partial charge in [0.1, 0.15) is 5.82 Å². The lowest BCUT2D eigenvalue weighted by Crippen LogP contribution is -2.14. The molecule has 0 aliphatic heterocycles. The average molecular weight is 288 g/mol. The highest BCUT2D eigenvalue weighted by Crippen LogP contribution is 2.16. The monoisotopic (exact) mass is 288 g/mol. The second-order valence-corrected chi connectivity index (χ2v) is 4.54. The number of aryl methyl sites for hydroxylation is 1. The number of carbonyl (C=O) groups is 1. The molecule has 0 atom stereocenters. The van der Waals surface area contributed by atoms with Crippen molar-refractivity contribution < 1.29 is 9.18 Å². The first-order valence-electron chi connectivity index (χ1n) is 6.73. The van der Waals surface area contributed by atoms with Gasteiger partial charge in [0.15, 0.2) is 5.82 Å². The summed E-state index contributed by atoms with van der Waals surface area (Å²) in [5.41, 5.74) is 1.37. The highest BCUT2D eigenvalue weighted by Gasteiger charge is 2.12. The third-order valence-corrected chi connectivity index (χ3v) is 2.92. The van der Waals surface area contributed by atoms with Crippen LogP contribution in [0.1, 0.15) is 29.4 Å². The van der Waals surface area contributed by atoms with Crippen molar-refractivity contribution in [1.29, 1.82) is 0 Å². The zero-order valence-corrected chi connectivity index (χ0v) is 12.0. The Bertz CT molecular complexity index is 645. The molecule has 0 saturated heterocycles. The van der Waals surface area contributed by atoms with Crippen LogP contribution in [0.15, 0.2) is 30.6 Å². The van der Waals surface area contributed by atoms with Crippen LogP contribution >= 0.6 is 0 Å². The fourth-order valence-electron chi connectivity index (χ4n) is 1.90. The molecule has 1 amide bonds. The van der Waals surface area contributed by atoms with Crippen LogP contribution in [0.2, 0.25) is 0 Å². The third-order valence-electron chi connectivity index (χ3n) is 2.92. The number of nitrogens with zero attached hydrogens (tertiary/aromatic N) is 2. The maximum absolute atomic E-state index is 13.5. The maximum Gasteiger partial charge on any atom is 0.255 e. The van der Waals surface area contributed by atoms with Crippen LogP contribution < -0.4 is 10.6 Å². The van der Waals surface area contributed by atoms with Crippen LogP contribution in [0.5, 0.6) is 0 Å². The minimum Gasteiger partial charge on any atom is -0.373 e. The predicted octanol–water partition coefficient (Wildman–Crippen LogP) is 2.86. The SMILES string of the molecule is CCCc1cc(C(=O)Nc2ccncc2F)cc(NC)n1. The number of aromatic nitrogens is 2. The van der Waals surface area contributed by atoms with E-state index < -0.39 is 5.82 Å². The van der Waals surface area contributed by atoms with Gasteiger partial charge in [-0.15, -0.1) is 0 Å². The molecule has 2 aromatic heterocycles. The summed E-state index contributed by atoms with van der Waals surface area (Å²) in [4.78, 5) is 20.3. The van der Waals surface area contributed by atoms with Gasteiger partial charge in [-0.05, 0) is 24.6 Å². The van der Waals surface area contributed by atoms with Crippen molar-refractivity contribution in [2.45, 2.75) is 19.8 Å². The van der Waals surface area contributed by atoms with Crippen molar-refractivity contribution in [2.24, 2.45) is 0 Å². The molecule has 0 aliphatic rings. The van der Waals surface area contributed by atoms with Crippen molar-refractivity contribution >= 4 is 17.4 Å². The molecular formula is C15H17FN4O. The van der Waals surface area contributed by atoms with E-state index in [9.17, 15) is 9.18 Å². The molecule has 0 unspecified atom stereocenters. The largest absolute Gasteiger partial charge is 0.373 e. The lowest BCUT2D eigenvalue weighted by atomic mass is 10.1. The van der Waals surface area contributed by atoms with Crippen molar-refractivity contribution in [3.05, 3.63) is 47.7 Å². The molecule has 2 aromatic rings. The summed E-state index contributed by atoms with van der Waals surface area (Å²) in [5, 5.41) is 5.46. The first-order valence-corrected chi connectivity index (χ1v) is 6.73. The van der Waals surface area contributed by atoms with Gasteiger partial charge in [0.05, 0.1) is 11.9 Å². The molecule has 2 rings (SSSR count). The Hall–Kier alpha value is -2.50. The number of carbonyl (C=O) groups excluding carboxylic acids is 1. The number of halogens is 1. The molecule has 0 aromatic carbocycles. The quantitative estimate of drug-likeness (QED) is 0.887. The van der Waals surface area contributed by atoms with E-state index in [1.807, 2.05) is 6.92 Å². The fraction of sp³-hybridized carbons (Fsp3) is 0.267. The first-order chi connectivity index (χ1) is 10.1. The standard InChI is InChI=1S/C15H17FN4O/c1-3-4-11-7-10(8-14(17-2)19-11)15(21)20-13-5-6-18-9-12(13)16/h5-9H,3-4H2,1-2H3,(H,17,19)(H,18,20,21). The van der Waals surface area contributed by atoms with Crippen LogP contribution in [-0.4, -0.2) is 22.9 Å². The van der Waals surface area contributed by atoms with Gasteiger partial charge in [-0.25, -0.2) is 9.37 Å². The Balaban J connectivity index is 2.26. The lowest BCUT2D eigenvalue weighted by molar-refractivity contribution is 0.102. The normalized spacial score (nSPS) is 10.2. The summed E-state index contributed by atoms with van der Waals surface area (Å²) < 4.78 is 13.5. The van der Waals surface area contributed by atoms with Gasteiger partial charge in [-0.3, -0.25) is 9.78 Å². The molecule has 0 aliphatic carbocycles. The van der Waals surface area contributed by atoms with E-state index in [-0.39, 0.29) is 11.6 Å². The van der Waals surface area contributed by atoms with Crippen molar-refractivity contribution in [3.8, 4) is 0 Å². The number of hydrogen-bond acceptors (Lipinski definition) is 4. The Morgan fingerprint density at radius 2 is 2.19 bits per heavy atom. The van der Waals surface area contributed by atoms with E-state index >= 15 is 0 Å². The molecule has 0 bridgehead atoms. The molecule has 2 heterocycles. The van der Waals surface area contributed by atoms with Crippen molar-refractivity contribution in [3.63, 3.8) is 0 Å². The van der Waals surface area contributed by atoms with Gasteiger partial charge < -0.3 is 10.6 Å². The molecule has 21 heavy (non-hydrogen) atoms. The van der Waals surface area contributed by atoms with Crippen LogP contribution in [0, 0.1) is 5.82 Å². The topological polar surface area (TPSA) is 66.9 Å². The van der Waals surface area contributed by atoms with Gasteiger partial charge in [0, 0.05) is 24.5 Å². The van der Waals surface area contributed by atoms with E-state index in [2.05, 4.69) is 20.6 Å². The van der Waals surface area contributed by atoms with E-state index in [4.69, 9.17) is 0 Å².